The van der Waals surface area contributed by atoms with Crippen molar-refractivity contribution >= 4 is 11.8 Å². The fourth-order valence-electron chi connectivity index (χ4n) is 4.13. The lowest BCUT2D eigenvalue weighted by atomic mass is 10.1. The number of aliphatic hydroxyl groups excluding tert-OH is 2. The van der Waals surface area contributed by atoms with Crippen molar-refractivity contribution in [3.05, 3.63) is 119 Å². The molecule has 4 nitrogen and oxygen atoms in total. The summed E-state index contributed by atoms with van der Waals surface area (Å²) in [6, 6.07) is 31.7. The molecule has 0 heterocycles. The zero-order valence-corrected chi connectivity index (χ0v) is 22.2. The quantitative estimate of drug-likeness (QED) is 0.201. The van der Waals surface area contributed by atoms with E-state index in [-0.39, 0.29) is 0 Å². The maximum absolute atomic E-state index is 11.0. The Hall–Kier alpha value is -3.25. The molecule has 0 radical (unpaired) electrons. The van der Waals surface area contributed by atoms with Gasteiger partial charge in [0.05, 0.1) is 12.2 Å². The van der Waals surface area contributed by atoms with E-state index < -0.39 is 12.2 Å². The third-order valence-electron chi connectivity index (χ3n) is 6.19. The van der Waals surface area contributed by atoms with Gasteiger partial charge in [0.25, 0.3) is 0 Å². The van der Waals surface area contributed by atoms with E-state index in [1.807, 2.05) is 111 Å². The van der Waals surface area contributed by atoms with Gasteiger partial charge in [-0.1, -0.05) is 98.4 Å². The maximum Gasteiger partial charge on any atom is 0.126 e. The monoisotopic (exact) mass is 514 g/mol. The zero-order chi connectivity index (χ0) is 26.0. The molecule has 37 heavy (non-hydrogen) atoms. The predicted molar refractivity (Wildman–Crippen MR) is 149 cm³/mol. The van der Waals surface area contributed by atoms with Crippen molar-refractivity contribution in [2.24, 2.45) is 0 Å². The van der Waals surface area contributed by atoms with Gasteiger partial charge < -0.3 is 19.7 Å². The Kier molecular flexibility index (Phi) is 9.66. The van der Waals surface area contributed by atoms with Gasteiger partial charge in [0, 0.05) is 20.9 Å². The van der Waals surface area contributed by atoms with Crippen molar-refractivity contribution in [1.29, 1.82) is 0 Å². The maximum atomic E-state index is 11.0. The van der Waals surface area contributed by atoms with Crippen LogP contribution in [0.5, 0.6) is 11.5 Å². The number of ether oxygens (including phenoxy) is 2. The van der Waals surface area contributed by atoms with Gasteiger partial charge in [0.15, 0.2) is 0 Å². The van der Waals surface area contributed by atoms with Crippen molar-refractivity contribution in [2.75, 3.05) is 0 Å². The molecule has 192 valence electrons. The summed E-state index contributed by atoms with van der Waals surface area (Å²) in [6.45, 7) is 4.75. The van der Waals surface area contributed by atoms with Crippen LogP contribution < -0.4 is 9.47 Å². The van der Waals surface area contributed by atoms with E-state index in [0.717, 1.165) is 32.0 Å². The zero-order valence-electron chi connectivity index (χ0n) is 21.3. The number of benzene rings is 4. The number of hydrogen-bond acceptors (Lipinski definition) is 5. The highest BCUT2D eigenvalue weighted by Gasteiger charge is 2.22. The fraction of sp³-hybridized carbons (Fsp3) is 0.250. The lowest BCUT2D eigenvalue weighted by Gasteiger charge is -2.22. The summed E-state index contributed by atoms with van der Waals surface area (Å²) >= 11 is 1.52. The first kappa shape index (κ1) is 26.8. The highest BCUT2D eigenvalue weighted by atomic mass is 32.2. The molecule has 0 aliphatic heterocycles. The minimum Gasteiger partial charge on any atom is -0.488 e. The second kappa shape index (κ2) is 13.3. The fourth-order valence-corrected chi connectivity index (χ4v) is 5.36. The number of hydrogen-bond donors (Lipinski definition) is 2. The molecule has 0 bridgehead atoms. The summed E-state index contributed by atoms with van der Waals surface area (Å²) in [5.41, 5.74) is 3.65. The minimum absolute atomic E-state index is 0.418. The van der Waals surface area contributed by atoms with Crippen LogP contribution in [0.15, 0.2) is 107 Å². The van der Waals surface area contributed by atoms with Gasteiger partial charge in [-0.25, -0.2) is 0 Å². The lowest BCUT2D eigenvalue weighted by Crippen LogP contribution is -2.06. The van der Waals surface area contributed by atoms with Gasteiger partial charge in [-0.3, -0.25) is 0 Å². The summed E-state index contributed by atoms with van der Waals surface area (Å²) < 4.78 is 12.4. The van der Waals surface area contributed by atoms with Gasteiger partial charge in [-0.2, -0.15) is 0 Å². The van der Waals surface area contributed by atoms with Crippen molar-refractivity contribution in [1.82, 2.24) is 0 Å². The van der Waals surface area contributed by atoms with Crippen molar-refractivity contribution in [2.45, 2.75) is 61.9 Å². The smallest absolute Gasteiger partial charge is 0.126 e. The van der Waals surface area contributed by atoms with Crippen LogP contribution in [-0.2, 0) is 13.2 Å². The van der Waals surface area contributed by atoms with Crippen LogP contribution in [0.1, 0.15) is 61.2 Å². The van der Waals surface area contributed by atoms with Crippen molar-refractivity contribution < 1.29 is 19.7 Å². The average molecular weight is 515 g/mol. The normalized spacial score (nSPS) is 12.6. The number of aliphatic hydroxyl groups is 2. The molecule has 0 aromatic heterocycles. The summed E-state index contributed by atoms with van der Waals surface area (Å²) in [4.78, 5) is 1.79. The van der Waals surface area contributed by atoms with Crippen molar-refractivity contribution in [3.8, 4) is 11.5 Å². The van der Waals surface area contributed by atoms with Crippen LogP contribution in [0.2, 0.25) is 0 Å². The first-order valence-electron chi connectivity index (χ1n) is 12.7. The molecule has 4 aromatic carbocycles. The van der Waals surface area contributed by atoms with Crippen LogP contribution >= 0.6 is 11.8 Å². The second-order valence-electron chi connectivity index (χ2n) is 8.83. The second-order valence-corrected chi connectivity index (χ2v) is 9.92. The molecule has 0 aliphatic carbocycles. The molecular weight excluding hydrogens is 480 g/mol. The van der Waals surface area contributed by atoms with Gasteiger partial charge in [-0.15, -0.1) is 0 Å². The molecule has 2 N–H and O–H groups in total. The molecule has 4 aromatic rings. The van der Waals surface area contributed by atoms with Gasteiger partial charge in [0.1, 0.15) is 24.7 Å². The summed E-state index contributed by atoms with van der Waals surface area (Å²) in [7, 11) is 0. The molecule has 0 saturated carbocycles. The summed E-state index contributed by atoms with van der Waals surface area (Å²) in [5, 5.41) is 22.0. The van der Waals surface area contributed by atoms with E-state index >= 15 is 0 Å². The van der Waals surface area contributed by atoms with Crippen LogP contribution in [0.25, 0.3) is 0 Å². The minimum atomic E-state index is -0.675. The van der Waals surface area contributed by atoms with Crippen LogP contribution in [-0.4, -0.2) is 10.2 Å². The SMILES string of the molecule is CCC(O)c1c(OCc2ccccc2)cccc1Sc1cccc(OCc2ccccc2)c1C(O)CC. The van der Waals surface area contributed by atoms with Gasteiger partial charge >= 0.3 is 0 Å². The van der Waals surface area contributed by atoms with Crippen molar-refractivity contribution in [3.63, 3.8) is 0 Å². The Morgan fingerprint density at radius 3 is 1.35 bits per heavy atom. The van der Waals surface area contributed by atoms with Crippen LogP contribution in [0.3, 0.4) is 0 Å². The largest absolute Gasteiger partial charge is 0.488 e. The van der Waals surface area contributed by atoms with E-state index in [9.17, 15) is 10.2 Å². The Labute approximate surface area is 223 Å². The van der Waals surface area contributed by atoms with Crippen LogP contribution in [0.4, 0.5) is 0 Å². The Morgan fingerprint density at radius 1 is 0.568 bits per heavy atom. The topological polar surface area (TPSA) is 58.9 Å². The van der Waals surface area contributed by atoms with Crippen LogP contribution in [0, 0.1) is 0 Å². The van der Waals surface area contributed by atoms with E-state index in [2.05, 4.69) is 0 Å². The Balaban J connectivity index is 1.65. The Morgan fingerprint density at radius 2 is 0.973 bits per heavy atom. The van der Waals surface area contributed by atoms with Gasteiger partial charge in [0.2, 0.25) is 0 Å². The molecule has 4 rings (SSSR count). The molecule has 2 atom stereocenters. The summed E-state index contributed by atoms with van der Waals surface area (Å²) in [5.74, 6) is 1.33. The lowest BCUT2D eigenvalue weighted by molar-refractivity contribution is 0.163. The van der Waals surface area contributed by atoms with Gasteiger partial charge in [-0.05, 0) is 48.2 Å². The van der Waals surface area contributed by atoms with E-state index in [0.29, 0.717) is 37.6 Å². The highest BCUT2D eigenvalue weighted by Crippen LogP contribution is 2.44. The van der Waals surface area contributed by atoms with E-state index in [1.54, 1.807) is 0 Å². The van der Waals surface area contributed by atoms with E-state index in [4.69, 9.17) is 9.47 Å². The summed E-state index contributed by atoms with van der Waals surface area (Å²) in [6.07, 6.45) is -0.230. The molecule has 0 spiro atoms. The third-order valence-corrected chi connectivity index (χ3v) is 7.34. The molecule has 0 saturated heterocycles. The number of rotatable bonds is 12. The molecule has 5 heteroatoms. The third kappa shape index (κ3) is 6.95. The Bertz CT molecular complexity index is 1160. The predicted octanol–water partition coefficient (Wildman–Crippen LogP) is 7.88. The highest BCUT2D eigenvalue weighted by molar-refractivity contribution is 7.99. The molecule has 2 unspecified atom stereocenters. The first-order chi connectivity index (χ1) is 18.1. The standard InChI is InChI=1S/C32H34O4S/c1-3-25(33)31-27(35-21-23-13-7-5-8-14-23)17-11-19-29(31)37-30-20-12-18-28(32(30)26(34)4-2)36-22-24-15-9-6-10-16-24/h5-20,25-26,33-34H,3-4,21-22H2,1-2H3. The molecule has 0 aliphatic rings. The van der Waals surface area contributed by atoms with E-state index in [1.165, 1.54) is 11.8 Å². The molecular formula is C32H34O4S. The molecule has 0 amide bonds. The molecule has 0 fully saturated rings. The average Bonchev–Trinajstić information content (AvgIpc) is 2.95. The first-order valence-corrected chi connectivity index (χ1v) is 13.6.